The normalized spacial score (nSPS) is 8.89. The number of rotatable bonds is 0. The van der Waals surface area contributed by atoms with Crippen LogP contribution in [-0.4, -0.2) is 5.16 Å². The largest absolute Gasteiger partial charge is 0.107 e. The van der Waals surface area contributed by atoms with Crippen LogP contribution in [0, 0.1) is 13.8 Å². The van der Waals surface area contributed by atoms with Gasteiger partial charge in [0.15, 0.2) is 0 Å². The van der Waals surface area contributed by atoms with Crippen molar-refractivity contribution in [2.75, 3.05) is 0 Å². The zero-order chi connectivity index (χ0) is 6.15. The Hall–Kier alpha value is 0.563. The van der Waals surface area contributed by atoms with Crippen LogP contribution in [0.3, 0.4) is 0 Å². The summed E-state index contributed by atoms with van der Waals surface area (Å²) in [6.07, 6.45) is 0. The molecule has 0 spiro atoms. The molecule has 0 aliphatic rings. The molecule has 0 fully saturated rings. The molecule has 47 valence electrons. The maximum absolute atomic E-state index is 4.88. The van der Waals surface area contributed by atoms with Crippen LogP contribution in [0.4, 0.5) is 0 Å². The fourth-order valence-electron chi connectivity index (χ4n) is 0.502. The summed E-state index contributed by atoms with van der Waals surface area (Å²) in [4.78, 5) is 0. The van der Waals surface area contributed by atoms with Crippen LogP contribution in [0.15, 0.2) is 4.52 Å². The van der Waals surface area contributed by atoms with Crippen LogP contribution in [0.25, 0.3) is 0 Å². The van der Waals surface area contributed by atoms with Crippen molar-refractivity contribution < 1.29 is 22.8 Å². The maximum Gasteiger partial charge on any atom is -0.107 e. The van der Waals surface area contributed by atoms with Crippen LogP contribution in [0.1, 0.15) is 11.5 Å². The van der Waals surface area contributed by atoms with E-state index in [1.54, 1.807) is 0 Å². The van der Waals surface area contributed by atoms with Crippen molar-refractivity contribution in [2.24, 2.45) is 0 Å². The third-order valence-electron chi connectivity index (χ3n) is 1.18. The van der Waals surface area contributed by atoms with E-state index in [9.17, 15) is 0 Å². The predicted octanol–water partition coefficient (Wildman–Crippen LogP) is 1.08. The van der Waals surface area contributed by atoms with Gasteiger partial charge in [-0.15, -0.1) is 24.0 Å². The van der Waals surface area contributed by atoms with Gasteiger partial charge in [0.25, 0.3) is 0 Å². The molecule has 1 aromatic heterocycles. The number of aromatic nitrogens is 1. The summed E-state index contributed by atoms with van der Waals surface area (Å²) in [6, 6.07) is 0. The second kappa shape index (κ2) is 3.66. The zero-order valence-electron chi connectivity index (χ0n) is 5.47. The van der Waals surface area contributed by atoms with Crippen LogP contribution >= 0.6 is 24.0 Å². The van der Waals surface area contributed by atoms with Gasteiger partial charge in [0.2, 0.25) is 0 Å². The first kappa shape index (κ1) is 9.56. The topological polar surface area (TPSA) is 26.0 Å². The van der Waals surface area contributed by atoms with Gasteiger partial charge in [-0.3, -0.25) is 0 Å². The molecule has 9 heavy (non-hydrogen) atoms. The standard InChI is InChI=1S/C5H6NO.HI.Zn/c1-4-3-5(2)7-6-4;;/h1-2H3;1H;. The van der Waals surface area contributed by atoms with Crippen molar-refractivity contribution in [2.45, 2.75) is 13.8 Å². The first-order chi connectivity index (χ1) is 3.72. The second-order valence-corrected chi connectivity index (χ2v) is 3.29. The van der Waals surface area contributed by atoms with Crippen LogP contribution in [-0.2, 0) is 18.3 Å². The minimum Gasteiger partial charge on any atom is -0.107 e. The van der Waals surface area contributed by atoms with Gasteiger partial charge in [0.05, 0.1) is 0 Å². The Morgan fingerprint density at radius 3 is 2.11 bits per heavy atom. The first-order valence-corrected chi connectivity index (χ1v) is 3.95. The fraction of sp³-hybridized carbons (Fsp3) is 0.400. The van der Waals surface area contributed by atoms with Crippen LogP contribution < -0.4 is 4.16 Å². The van der Waals surface area contributed by atoms with E-state index in [2.05, 4.69) is 5.16 Å². The smallest absolute Gasteiger partial charge is 0.107 e. The average molecular weight is 289 g/mol. The number of hydrogen-bond donors (Lipinski definition) is 0. The number of nitrogens with zero attached hydrogens (tertiary/aromatic N) is 1. The van der Waals surface area contributed by atoms with E-state index < -0.39 is 0 Å². The summed E-state index contributed by atoms with van der Waals surface area (Å²) in [5, 5.41) is 3.77. The van der Waals surface area contributed by atoms with E-state index in [1.165, 1.54) is 4.16 Å². The average Bonchev–Trinajstić information content (AvgIpc) is 1.98. The molecule has 1 aromatic rings. The maximum atomic E-state index is 4.88. The fourth-order valence-corrected chi connectivity index (χ4v) is 0.773. The molecule has 0 atom stereocenters. The molecular formula is C5H7INOZn. The summed E-state index contributed by atoms with van der Waals surface area (Å²) < 4.78 is 6.16. The van der Waals surface area contributed by atoms with Crippen molar-refractivity contribution in [3.05, 3.63) is 11.5 Å². The van der Waals surface area contributed by atoms with Crippen molar-refractivity contribution in [3.8, 4) is 0 Å². The molecule has 0 aliphatic heterocycles. The summed E-state index contributed by atoms with van der Waals surface area (Å²) in [7, 11) is 0. The van der Waals surface area contributed by atoms with E-state index in [-0.39, 0.29) is 24.0 Å². The number of hydrogen-bond acceptors (Lipinski definition) is 2. The Morgan fingerprint density at radius 2 is 2.00 bits per heavy atom. The molecule has 0 radical (unpaired) electrons. The van der Waals surface area contributed by atoms with E-state index in [0.717, 1.165) is 29.8 Å². The molecule has 0 bridgehead atoms. The number of aryl methyl sites for hydroxylation is 2. The predicted molar refractivity (Wildman–Crippen MR) is 41.0 cm³/mol. The summed E-state index contributed by atoms with van der Waals surface area (Å²) in [5.74, 6) is 0.975. The molecule has 0 aliphatic carbocycles. The Kier molecular flexibility index (Phi) is 3.89. The third kappa shape index (κ3) is 2.01. The minimum absolute atomic E-state index is 0. The van der Waals surface area contributed by atoms with Crippen molar-refractivity contribution in [1.29, 1.82) is 0 Å². The van der Waals surface area contributed by atoms with E-state index >= 15 is 0 Å². The molecule has 0 saturated carbocycles. The Bertz CT molecular complexity index is 179. The summed E-state index contributed by atoms with van der Waals surface area (Å²) in [6.45, 7) is 3.91. The van der Waals surface area contributed by atoms with Crippen LogP contribution in [0.2, 0.25) is 0 Å². The van der Waals surface area contributed by atoms with Gasteiger partial charge in [0.1, 0.15) is 0 Å². The Morgan fingerprint density at radius 1 is 1.44 bits per heavy atom. The molecule has 1 heterocycles. The monoisotopic (exact) mass is 288 g/mol. The van der Waals surface area contributed by atoms with E-state index in [1.807, 2.05) is 13.8 Å². The Labute approximate surface area is 81.1 Å². The van der Waals surface area contributed by atoms with E-state index in [0.29, 0.717) is 0 Å². The molecular weight excluding hydrogens is 282 g/mol. The Balaban J connectivity index is 0.000000640. The molecule has 0 saturated heterocycles. The minimum atomic E-state index is 0. The van der Waals surface area contributed by atoms with Gasteiger partial charge in [-0.25, -0.2) is 0 Å². The molecule has 0 aromatic carbocycles. The zero-order valence-corrected chi connectivity index (χ0v) is 10.8. The summed E-state index contributed by atoms with van der Waals surface area (Å²) >= 11 is 1.14. The van der Waals surface area contributed by atoms with E-state index in [4.69, 9.17) is 4.52 Å². The van der Waals surface area contributed by atoms with Crippen LogP contribution in [0.5, 0.6) is 0 Å². The van der Waals surface area contributed by atoms with Gasteiger partial charge in [0, 0.05) is 0 Å². The van der Waals surface area contributed by atoms with Gasteiger partial charge in [-0.1, -0.05) is 0 Å². The van der Waals surface area contributed by atoms with Gasteiger partial charge in [-0.05, 0) is 0 Å². The molecule has 4 heteroatoms. The van der Waals surface area contributed by atoms with Gasteiger partial charge < -0.3 is 0 Å². The number of halogens is 1. The molecule has 0 amide bonds. The van der Waals surface area contributed by atoms with Crippen molar-refractivity contribution >= 4 is 28.1 Å². The molecule has 0 N–H and O–H groups in total. The first-order valence-electron chi connectivity index (χ1n) is 2.46. The summed E-state index contributed by atoms with van der Waals surface area (Å²) in [5.41, 5.74) is 1.04. The third-order valence-corrected chi connectivity index (χ3v) is 3.30. The molecule has 1 rings (SSSR count). The van der Waals surface area contributed by atoms with Gasteiger partial charge >= 0.3 is 57.4 Å². The second-order valence-electron chi connectivity index (χ2n) is 1.80. The van der Waals surface area contributed by atoms with Crippen molar-refractivity contribution in [1.82, 2.24) is 5.16 Å². The quantitative estimate of drug-likeness (QED) is 0.528. The SMILES string of the molecule is Cc1noc(C)[c]1[Zn].I. The van der Waals surface area contributed by atoms with Crippen molar-refractivity contribution in [3.63, 3.8) is 0 Å². The van der Waals surface area contributed by atoms with Gasteiger partial charge in [-0.2, -0.15) is 0 Å². The molecule has 0 unspecified atom stereocenters. The molecule has 2 nitrogen and oxygen atoms in total.